The molecule has 2 rings (SSSR count). The van der Waals surface area contributed by atoms with Gasteiger partial charge in [-0.3, -0.25) is 4.79 Å². The van der Waals surface area contributed by atoms with Gasteiger partial charge in [-0.1, -0.05) is 4.49 Å². The van der Waals surface area contributed by atoms with Crippen molar-refractivity contribution in [2.75, 3.05) is 0 Å². The summed E-state index contributed by atoms with van der Waals surface area (Å²) in [6.45, 7) is 1.52. The largest absolute Gasteiger partial charge is 0.294 e. The van der Waals surface area contributed by atoms with Crippen LogP contribution in [0.4, 0.5) is 0 Å². The van der Waals surface area contributed by atoms with Gasteiger partial charge in [0.05, 0.1) is 4.88 Å². The third kappa shape index (κ3) is 1.63. The molecule has 0 aliphatic carbocycles. The second-order valence-corrected chi connectivity index (χ2v) is 4.02. The van der Waals surface area contributed by atoms with Crippen LogP contribution in [0.2, 0.25) is 0 Å². The third-order valence-corrected chi connectivity index (χ3v) is 3.06. The quantitative estimate of drug-likeness (QED) is 0.711. The number of carbonyl (C=O) groups is 1. The van der Waals surface area contributed by atoms with Gasteiger partial charge in [-0.15, -0.1) is 16.4 Å². The zero-order valence-corrected chi connectivity index (χ0v) is 8.35. The van der Waals surface area contributed by atoms with Crippen LogP contribution in [0.5, 0.6) is 0 Å². The first-order chi connectivity index (χ1) is 6.27. The molecule has 2 aromatic rings. The van der Waals surface area contributed by atoms with Crippen molar-refractivity contribution in [1.29, 1.82) is 0 Å². The lowest BCUT2D eigenvalue weighted by atomic mass is 10.4. The number of hydrogen-bond acceptors (Lipinski definition) is 6. The van der Waals surface area contributed by atoms with E-state index in [0.29, 0.717) is 4.88 Å². The Morgan fingerprint density at radius 3 is 2.92 bits per heavy atom. The van der Waals surface area contributed by atoms with Crippen molar-refractivity contribution in [1.82, 2.24) is 14.6 Å². The number of ketones is 1. The summed E-state index contributed by atoms with van der Waals surface area (Å²) in [6.07, 6.45) is 1.57. The monoisotopic (exact) mass is 211 g/mol. The maximum atomic E-state index is 11.0. The minimum atomic E-state index is 0.0342. The topological polar surface area (TPSA) is 55.7 Å². The number of hydrogen-bond donors (Lipinski definition) is 0. The van der Waals surface area contributed by atoms with Gasteiger partial charge in [-0.05, 0) is 11.5 Å². The molecule has 66 valence electrons. The molecule has 2 aromatic heterocycles. The van der Waals surface area contributed by atoms with Gasteiger partial charge in [0.15, 0.2) is 5.78 Å². The van der Waals surface area contributed by atoms with E-state index in [1.54, 1.807) is 6.20 Å². The lowest BCUT2D eigenvalue weighted by Gasteiger charge is -1.83. The van der Waals surface area contributed by atoms with E-state index in [0.717, 1.165) is 10.7 Å². The molecule has 0 spiro atoms. The van der Waals surface area contributed by atoms with Gasteiger partial charge in [0, 0.05) is 18.5 Å². The standard InChI is InChI=1S/C7H5N3OS2/c1-4(11)6-2-8-7(13-6)5-3-12-10-9-5/h2-3H,1H3. The van der Waals surface area contributed by atoms with Crippen LogP contribution >= 0.6 is 22.9 Å². The smallest absolute Gasteiger partial charge is 0.171 e. The van der Waals surface area contributed by atoms with E-state index in [1.165, 1.54) is 29.8 Å². The lowest BCUT2D eigenvalue weighted by Crippen LogP contribution is -1.83. The molecule has 6 heteroatoms. The van der Waals surface area contributed by atoms with Crippen LogP contribution in [0.25, 0.3) is 10.7 Å². The minimum Gasteiger partial charge on any atom is -0.294 e. The highest BCUT2D eigenvalue weighted by Crippen LogP contribution is 2.23. The summed E-state index contributed by atoms with van der Waals surface area (Å²) in [5.74, 6) is 0.0342. The molecule has 0 unspecified atom stereocenters. The Kier molecular flexibility index (Phi) is 2.15. The molecule has 0 aliphatic heterocycles. The fraction of sp³-hybridized carbons (Fsp3) is 0.143. The number of aromatic nitrogens is 3. The van der Waals surface area contributed by atoms with Crippen LogP contribution in [-0.2, 0) is 0 Å². The summed E-state index contributed by atoms with van der Waals surface area (Å²) in [5.41, 5.74) is 0.738. The molecule has 0 bridgehead atoms. The van der Waals surface area contributed by atoms with Crippen LogP contribution in [0.1, 0.15) is 16.6 Å². The molecule has 0 saturated heterocycles. The highest BCUT2D eigenvalue weighted by atomic mass is 32.1. The fourth-order valence-corrected chi connectivity index (χ4v) is 2.10. The third-order valence-electron chi connectivity index (χ3n) is 1.43. The van der Waals surface area contributed by atoms with Crippen molar-refractivity contribution in [3.05, 3.63) is 16.5 Å². The molecule has 13 heavy (non-hydrogen) atoms. The van der Waals surface area contributed by atoms with Crippen molar-refractivity contribution >= 4 is 28.7 Å². The van der Waals surface area contributed by atoms with Crippen molar-refractivity contribution < 1.29 is 4.79 Å². The lowest BCUT2D eigenvalue weighted by molar-refractivity contribution is 0.102. The molecule has 2 heterocycles. The van der Waals surface area contributed by atoms with Crippen LogP contribution in [0, 0.1) is 0 Å². The Morgan fingerprint density at radius 2 is 2.38 bits per heavy atom. The Bertz CT molecular complexity index is 421. The fourth-order valence-electron chi connectivity index (χ4n) is 0.813. The second kappa shape index (κ2) is 3.31. The van der Waals surface area contributed by atoms with Gasteiger partial charge >= 0.3 is 0 Å². The molecule has 0 aliphatic rings. The summed E-state index contributed by atoms with van der Waals surface area (Å²) in [6, 6.07) is 0. The van der Waals surface area contributed by atoms with Crippen molar-refractivity contribution in [2.24, 2.45) is 0 Å². The molecular weight excluding hydrogens is 206 g/mol. The first-order valence-electron chi connectivity index (χ1n) is 3.51. The van der Waals surface area contributed by atoms with Gasteiger partial charge in [-0.2, -0.15) is 0 Å². The van der Waals surface area contributed by atoms with E-state index in [1.807, 2.05) is 5.38 Å². The normalized spacial score (nSPS) is 10.2. The van der Waals surface area contributed by atoms with Crippen LogP contribution in [0.15, 0.2) is 11.6 Å². The van der Waals surface area contributed by atoms with E-state index in [2.05, 4.69) is 14.6 Å². The average Bonchev–Trinajstić information content (AvgIpc) is 2.75. The van der Waals surface area contributed by atoms with E-state index in [4.69, 9.17) is 0 Å². The Hall–Kier alpha value is -1.14. The summed E-state index contributed by atoms with van der Waals surface area (Å²) in [7, 11) is 0. The van der Waals surface area contributed by atoms with E-state index >= 15 is 0 Å². The molecule has 0 saturated carbocycles. The maximum Gasteiger partial charge on any atom is 0.171 e. The number of carbonyl (C=O) groups excluding carboxylic acids is 1. The molecular formula is C7H5N3OS2. The molecule has 0 amide bonds. The molecule has 0 N–H and O–H groups in total. The van der Waals surface area contributed by atoms with Crippen LogP contribution in [0.3, 0.4) is 0 Å². The zero-order valence-electron chi connectivity index (χ0n) is 6.72. The van der Waals surface area contributed by atoms with Gasteiger partial charge in [-0.25, -0.2) is 4.98 Å². The maximum absolute atomic E-state index is 11.0. The van der Waals surface area contributed by atoms with Gasteiger partial charge in [0.2, 0.25) is 0 Å². The first-order valence-corrected chi connectivity index (χ1v) is 5.17. The summed E-state index contributed by atoms with van der Waals surface area (Å²) in [4.78, 5) is 15.7. The van der Waals surface area contributed by atoms with Crippen LogP contribution < -0.4 is 0 Å². The summed E-state index contributed by atoms with van der Waals surface area (Å²) in [5, 5.41) is 6.42. The average molecular weight is 211 g/mol. The SMILES string of the molecule is CC(=O)c1cnc(-c2csnn2)s1. The molecule has 0 radical (unpaired) electrons. The molecule has 4 nitrogen and oxygen atoms in total. The number of Topliss-reactive ketones (excluding diaryl/α,β-unsaturated/α-hetero) is 1. The van der Waals surface area contributed by atoms with E-state index in [-0.39, 0.29) is 5.78 Å². The van der Waals surface area contributed by atoms with Crippen molar-refractivity contribution in [2.45, 2.75) is 6.92 Å². The van der Waals surface area contributed by atoms with E-state index in [9.17, 15) is 4.79 Å². The molecule has 0 fully saturated rings. The number of nitrogens with zero attached hydrogens (tertiary/aromatic N) is 3. The van der Waals surface area contributed by atoms with Crippen LogP contribution in [-0.4, -0.2) is 20.4 Å². The Morgan fingerprint density at radius 1 is 1.54 bits per heavy atom. The van der Waals surface area contributed by atoms with E-state index < -0.39 is 0 Å². The van der Waals surface area contributed by atoms with Gasteiger partial charge < -0.3 is 0 Å². The van der Waals surface area contributed by atoms with Gasteiger partial charge in [0.25, 0.3) is 0 Å². The van der Waals surface area contributed by atoms with Crippen molar-refractivity contribution in [3.8, 4) is 10.7 Å². The minimum absolute atomic E-state index is 0.0342. The predicted octanol–water partition coefficient (Wildman–Crippen LogP) is 1.86. The highest BCUT2D eigenvalue weighted by molar-refractivity contribution is 7.17. The van der Waals surface area contributed by atoms with Crippen molar-refractivity contribution in [3.63, 3.8) is 0 Å². The predicted molar refractivity (Wildman–Crippen MR) is 51.0 cm³/mol. The van der Waals surface area contributed by atoms with Gasteiger partial charge in [0.1, 0.15) is 10.7 Å². The Labute approximate surface area is 82.4 Å². The summed E-state index contributed by atoms with van der Waals surface area (Å²) < 4.78 is 3.73. The first kappa shape index (κ1) is 8.46. The number of rotatable bonds is 2. The Balaban J connectivity index is 2.39. The highest BCUT2D eigenvalue weighted by Gasteiger charge is 2.09. The molecule has 0 atom stereocenters. The molecule has 0 aromatic carbocycles. The zero-order chi connectivity index (χ0) is 9.26. The number of thiazole rings is 1. The second-order valence-electron chi connectivity index (χ2n) is 2.38. The summed E-state index contributed by atoms with van der Waals surface area (Å²) >= 11 is 2.61.